The molecular formula is C30H27F3N6O3. The number of nitrogens with two attached hydrogens (primary N) is 1. The van der Waals surface area contributed by atoms with Gasteiger partial charge < -0.3 is 20.6 Å². The number of nitriles is 1. The molecule has 1 fully saturated rings. The van der Waals surface area contributed by atoms with Crippen molar-refractivity contribution < 1.29 is 27.9 Å². The van der Waals surface area contributed by atoms with Crippen LogP contribution in [0, 0.1) is 11.3 Å². The van der Waals surface area contributed by atoms with Crippen molar-refractivity contribution in [1.29, 1.82) is 5.26 Å². The van der Waals surface area contributed by atoms with Gasteiger partial charge in [0, 0.05) is 43.7 Å². The van der Waals surface area contributed by atoms with Crippen molar-refractivity contribution in [2.45, 2.75) is 43.8 Å². The smallest absolute Gasteiger partial charge is 0.417 e. The number of phenols is 1. The number of hydrogen-bond acceptors (Lipinski definition) is 6. The molecule has 1 atom stereocenters. The van der Waals surface area contributed by atoms with Crippen molar-refractivity contribution in [3.63, 3.8) is 0 Å². The SMILES string of the molecule is C=CC(=O)N1CCc2nn(-c3ccc(C4CC4)cc3O)c3c2[C@H](C1)N(C(=O)c1cc(C#N)c(C(F)(F)F)cc1N)CC3. The molecule has 1 aliphatic carbocycles. The van der Waals surface area contributed by atoms with E-state index in [0.717, 1.165) is 35.7 Å². The van der Waals surface area contributed by atoms with Crippen molar-refractivity contribution >= 4 is 17.5 Å². The average Bonchev–Trinajstić information content (AvgIpc) is 3.77. The van der Waals surface area contributed by atoms with Crippen molar-refractivity contribution in [3.8, 4) is 17.5 Å². The predicted octanol–water partition coefficient (Wildman–Crippen LogP) is 4.24. The van der Waals surface area contributed by atoms with Gasteiger partial charge in [0.25, 0.3) is 5.91 Å². The number of halogens is 3. The number of alkyl halides is 3. The molecule has 1 saturated carbocycles. The van der Waals surface area contributed by atoms with Gasteiger partial charge in [-0.05, 0) is 54.7 Å². The van der Waals surface area contributed by atoms with Crippen LogP contribution in [-0.2, 0) is 23.8 Å². The number of benzene rings is 2. The first kappa shape index (κ1) is 27.4. The summed E-state index contributed by atoms with van der Waals surface area (Å²) in [6, 6.07) is 7.88. The number of phenolic OH excluding ortho intramolecular Hbond substituents is 1. The number of aromatic nitrogens is 2. The molecule has 2 amide bonds. The van der Waals surface area contributed by atoms with Gasteiger partial charge in [-0.25, -0.2) is 4.68 Å². The van der Waals surface area contributed by atoms with E-state index in [2.05, 4.69) is 6.58 Å². The lowest BCUT2D eigenvalue weighted by Crippen LogP contribution is -2.46. The average molecular weight is 577 g/mol. The minimum Gasteiger partial charge on any atom is -0.506 e. The molecule has 0 unspecified atom stereocenters. The largest absolute Gasteiger partial charge is 0.506 e. The summed E-state index contributed by atoms with van der Waals surface area (Å²) >= 11 is 0. The molecule has 3 N–H and O–H groups in total. The molecule has 2 aliphatic heterocycles. The first-order valence-corrected chi connectivity index (χ1v) is 13.6. The highest BCUT2D eigenvalue weighted by Crippen LogP contribution is 2.43. The maximum atomic E-state index is 13.9. The summed E-state index contributed by atoms with van der Waals surface area (Å²) in [6.45, 7) is 4.12. The molecule has 9 nitrogen and oxygen atoms in total. The molecule has 6 rings (SSSR count). The highest BCUT2D eigenvalue weighted by molar-refractivity contribution is 6.00. The van der Waals surface area contributed by atoms with E-state index in [4.69, 9.17) is 10.8 Å². The lowest BCUT2D eigenvalue weighted by atomic mass is 9.93. The van der Waals surface area contributed by atoms with Gasteiger partial charge >= 0.3 is 6.18 Å². The molecule has 3 aromatic rings. The Labute approximate surface area is 239 Å². The van der Waals surface area contributed by atoms with E-state index in [1.54, 1.807) is 15.6 Å². The number of aromatic hydroxyl groups is 1. The van der Waals surface area contributed by atoms with Crippen LogP contribution < -0.4 is 5.73 Å². The number of hydrogen-bond donors (Lipinski definition) is 2. The van der Waals surface area contributed by atoms with Crippen LogP contribution >= 0.6 is 0 Å². The van der Waals surface area contributed by atoms with Gasteiger partial charge in [0.2, 0.25) is 5.91 Å². The van der Waals surface area contributed by atoms with Crippen LogP contribution in [0.2, 0.25) is 0 Å². The molecule has 0 bridgehead atoms. The molecule has 42 heavy (non-hydrogen) atoms. The quantitative estimate of drug-likeness (QED) is 0.353. The summed E-state index contributed by atoms with van der Waals surface area (Å²) < 4.78 is 42.2. The van der Waals surface area contributed by atoms with Gasteiger partial charge in [0.1, 0.15) is 11.4 Å². The number of anilines is 1. The first-order valence-electron chi connectivity index (χ1n) is 13.6. The monoisotopic (exact) mass is 576 g/mol. The Hall–Kier alpha value is -4.79. The molecule has 0 radical (unpaired) electrons. The zero-order valence-corrected chi connectivity index (χ0v) is 22.5. The predicted molar refractivity (Wildman–Crippen MR) is 146 cm³/mol. The fourth-order valence-corrected chi connectivity index (χ4v) is 6.04. The molecule has 1 aromatic heterocycles. The number of rotatable bonds is 4. The van der Waals surface area contributed by atoms with E-state index >= 15 is 0 Å². The fourth-order valence-electron chi connectivity index (χ4n) is 6.04. The minimum atomic E-state index is -4.82. The Morgan fingerprint density at radius 1 is 1.17 bits per heavy atom. The first-order chi connectivity index (χ1) is 20.0. The fraction of sp³-hybridized carbons (Fsp3) is 0.333. The Bertz CT molecular complexity index is 1680. The number of amides is 2. The number of carbonyl (C=O) groups excluding carboxylic acids is 2. The van der Waals surface area contributed by atoms with E-state index < -0.39 is 34.9 Å². The maximum absolute atomic E-state index is 13.9. The summed E-state index contributed by atoms with van der Waals surface area (Å²) in [5, 5.41) is 25.2. The Morgan fingerprint density at radius 2 is 1.93 bits per heavy atom. The summed E-state index contributed by atoms with van der Waals surface area (Å²) in [7, 11) is 0. The van der Waals surface area contributed by atoms with Crippen molar-refractivity contribution in [2.75, 3.05) is 25.4 Å². The normalized spacial score (nSPS) is 18.2. The topological polar surface area (TPSA) is 128 Å². The molecule has 2 aromatic carbocycles. The van der Waals surface area contributed by atoms with E-state index in [-0.39, 0.29) is 30.3 Å². The summed E-state index contributed by atoms with van der Waals surface area (Å²) in [5.41, 5.74) is 7.13. The van der Waals surface area contributed by atoms with E-state index in [1.807, 2.05) is 12.1 Å². The van der Waals surface area contributed by atoms with Gasteiger partial charge in [-0.1, -0.05) is 12.6 Å². The van der Waals surface area contributed by atoms with Gasteiger partial charge in [-0.2, -0.15) is 23.5 Å². The van der Waals surface area contributed by atoms with Crippen LogP contribution in [0.4, 0.5) is 18.9 Å². The lowest BCUT2D eigenvalue weighted by molar-refractivity contribution is -0.137. The Morgan fingerprint density at radius 3 is 2.57 bits per heavy atom. The zero-order chi connectivity index (χ0) is 29.9. The van der Waals surface area contributed by atoms with Crippen molar-refractivity contribution in [3.05, 3.63) is 82.2 Å². The lowest BCUT2D eigenvalue weighted by Gasteiger charge is -2.38. The number of carbonyl (C=O) groups is 2. The maximum Gasteiger partial charge on any atom is 0.417 e. The third-order valence-corrected chi connectivity index (χ3v) is 8.28. The Kier molecular flexibility index (Phi) is 6.48. The van der Waals surface area contributed by atoms with Gasteiger partial charge in [-0.3, -0.25) is 9.59 Å². The van der Waals surface area contributed by atoms with Gasteiger partial charge in [-0.15, -0.1) is 0 Å². The highest BCUT2D eigenvalue weighted by atomic mass is 19.4. The minimum absolute atomic E-state index is 0.0911. The second-order valence-corrected chi connectivity index (χ2v) is 10.8. The van der Waals surface area contributed by atoms with Crippen molar-refractivity contribution in [1.82, 2.24) is 19.6 Å². The zero-order valence-electron chi connectivity index (χ0n) is 22.5. The van der Waals surface area contributed by atoms with Crippen LogP contribution in [-0.4, -0.2) is 56.1 Å². The molecular weight excluding hydrogens is 549 g/mol. The van der Waals surface area contributed by atoms with Crippen LogP contribution in [0.3, 0.4) is 0 Å². The summed E-state index contributed by atoms with van der Waals surface area (Å²) in [6.07, 6.45) is -0.744. The number of nitrogens with zero attached hydrogens (tertiary/aromatic N) is 5. The van der Waals surface area contributed by atoms with Crippen LogP contribution in [0.5, 0.6) is 5.75 Å². The van der Waals surface area contributed by atoms with Crippen LogP contribution in [0.25, 0.3) is 5.69 Å². The van der Waals surface area contributed by atoms with Gasteiger partial charge in [0.15, 0.2) is 0 Å². The van der Waals surface area contributed by atoms with E-state index in [0.29, 0.717) is 42.8 Å². The number of nitrogen functional groups attached to an aromatic ring is 1. The molecule has 0 saturated heterocycles. The van der Waals surface area contributed by atoms with E-state index in [1.165, 1.54) is 17.0 Å². The summed E-state index contributed by atoms with van der Waals surface area (Å²) in [5.74, 6) is -0.444. The Balaban J connectivity index is 1.43. The standard InChI is InChI=1S/C30H27F3N6O3/c1-2-27(41)37-9-7-22-28-24(39(36-22)23-6-5-17(12-26(23)40)16-3-4-16)8-10-38(25(28)15-37)29(42)19-11-18(14-34)20(13-21(19)35)30(31,32)33/h2,5-6,11-13,16,25,40H,1,3-4,7-10,15,35H2/t25-/m0/s1. The molecule has 12 heteroatoms. The molecule has 0 spiro atoms. The summed E-state index contributed by atoms with van der Waals surface area (Å²) in [4.78, 5) is 29.6. The van der Waals surface area contributed by atoms with Crippen molar-refractivity contribution in [2.24, 2.45) is 0 Å². The molecule has 216 valence electrons. The third-order valence-electron chi connectivity index (χ3n) is 8.28. The third kappa shape index (κ3) is 4.55. The second-order valence-electron chi connectivity index (χ2n) is 10.8. The van der Waals surface area contributed by atoms with Crippen LogP contribution in [0.1, 0.15) is 68.8 Å². The molecule has 3 heterocycles. The second kappa shape index (κ2) is 9.94. The molecule has 3 aliphatic rings. The highest BCUT2D eigenvalue weighted by Gasteiger charge is 2.41. The van der Waals surface area contributed by atoms with Crippen LogP contribution in [0.15, 0.2) is 43.0 Å². The van der Waals surface area contributed by atoms with Gasteiger partial charge in [0.05, 0.1) is 40.2 Å². The van der Waals surface area contributed by atoms with E-state index in [9.17, 15) is 33.1 Å².